The molecule has 0 amide bonds. The molecule has 0 aliphatic carbocycles. The van der Waals surface area contributed by atoms with Crippen molar-refractivity contribution in [1.29, 1.82) is 0 Å². The fraction of sp³-hybridized carbons (Fsp3) is 0.368. The molecule has 0 saturated heterocycles. The molecule has 1 nitrogen and oxygen atoms in total. The molecule has 0 aromatic heterocycles. The molecule has 0 radical (unpaired) electrons. The standard InChI is InChI=1S/C19H23ClO/c1-13-6-7-15(12-20)11-18(13)21-17-9-8-16(10-14(17)2)19(3,4)5/h6-11H,12H2,1-5H3. The van der Waals surface area contributed by atoms with Crippen molar-refractivity contribution in [3.05, 3.63) is 58.7 Å². The number of halogens is 1. The van der Waals surface area contributed by atoms with Gasteiger partial charge in [0.15, 0.2) is 0 Å². The second-order valence-electron chi connectivity index (χ2n) is 6.57. The van der Waals surface area contributed by atoms with Gasteiger partial charge in [0.2, 0.25) is 0 Å². The minimum absolute atomic E-state index is 0.151. The normalized spacial score (nSPS) is 11.5. The Morgan fingerprint density at radius 1 is 0.905 bits per heavy atom. The van der Waals surface area contributed by atoms with Crippen LogP contribution >= 0.6 is 11.6 Å². The number of alkyl halides is 1. The fourth-order valence-electron chi connectivity index (χ4n) is 2.19. The van der Waals surface area contributed by atoms with Crippen LogP contribution in [0.25, 0.3) is 0 Å². The maximum absolute atomic E-state index is 6.09. The van der Waals surface area contributed by atoms with Gasteiger partial charge in [-0.15, -0.1) is 11.6 Å². The number of hydrogen-bond acceptors (Lipinski definition) is 1. The van der Waals surface area contributed by atoms with Gasteiger partial charge in [-0.2, -0.15) is 0 Å². The van der Waals surface area contributed by atoms with E-state index in [1.165, 1.54) is 5.56 Å². The van der Waals surface area contributed by atoms with Crippen molar-refractivity contribution in [2.24, 2.45) is 0 Å². The highest BCUT2D eigenvalue weighted by atomic mass is 35.5. The highest BCUT2D eigenvalue weighted by Gasteiger charge is 2.15. The third-order valence-corrected chi connectivity index (χ3v) is 3.98. The van der Waals surface area contributed by atoms with Gasteiger partial charge in [-0.05, 0) is 53.6 Å². The Morgan fingerprint density at radius 2 is 1.62 bits per heavy atom. The van der Waals surface area contributed by atoms with Crippen LogP contribution in [0.3, 0.4) is 0 Å². The predicted octanol–water partition coefficient (Wildman–Crippen LogP) is 6.13. The zero-order valence-corrected chi connectivity index (χ0v) is 14.2. The first-order valence-corrected chi connectivity index (χ1v) is 7.79. The maximum Gasteiger partial charge on any atom is 0.130 e. The number of rotatable bonds is 3. The Balaban J connectivity index is 2.32. The highest BCUT2D eigenvalue weighted by Crippen LogP contribution is 2.32. The van der Waals surface area contributed by atoms with E-state index in [1.807, 2.05) is 25.1 Å². The van der Waals surface area contributed by atoms with Crippen LogP contribution < -0.4 is 4.74 Å². The monoisotopic (exact) mass is 302 g/mol. The summed E-state index contributed by atoms with van der Waals surface area (Å²) in [6.45, 7) is 10.8. The van der Waals surface area contributed by atoms with Crippen LogP contribution in [0.5, 0.6) is 11.5 Å². The van der Waals surface area contributed by atoms with Gasteiger partial charge in [0.1, 0.15) is 11.5 Å². The van der Waals surface area contributed by atoms with E-state index in [4.69, 9.17) is 16.3 Å². The van der Waals surface area contributed by atoms with Crippen molar-refractivity contribution in [2.75, 3.05) is 0 Å². The molecule has 0 saturated carbocycles. The maximum atomic E-state index is 6.09. The molecule has 2 aromatic carbocycles. The van der Waals surface area contributed by atoms with Crippen LogP contribution in [0.1, 0.15) is 43.0 Å². The first-order chi connectivity index (χ1) is 9.81. The molecule has 0 unspecified atom stereocenters. The summed E-state index contributed by atoms with van der Waals surface area (Å²) in [4.78, 5) is 0. The summed E-state index contributed by atoms with van der Waals surface area (Å²) in [5, 5.41) is 0. The minimum Gasteiger partial charge on any atom is -0.457 e. The molecular weight excluding hydrogens is 280 g/mol. The summed E-state index contributed by atoms with van der Waals surface area (Å²) < 4.78 is 6.09. The average molecular weight is 303 g/mol. The van der Waals surface area contributed by atoms with E-state index in [0.717, 1.165) is 28.2 Å². The smallest absolute Gasteiger partial charge is 0.130 e. The van der Waals surface area contributed by atoms with Crippen molar-refractivity contribution in [3.63, 3.8) is 0 Å². The summed E-state index contributed by atoms with van der Waals surface area (Å²) in [5.74, 6) is 2.27. The second-order valence-corrected chi connectivity index (χ2v) is 6.83. The van der Waals surface area contributed by atoms with Crippen molar-refractivity contribution < 1.29 is 4.74 Å². The average Bonchev–Trinajstić information content (AvgIpc) is 2.42. The number of aryl methyl sites for hydroxylation is 2. The first-order valence-electron chi connectivity index (χ1n) is 7.26. The molecule has 0 bridgehead atoms. The Kier molecular flexibility index (Phi) is 4.63. The van der Waals surface area contributed by atoms with E-state index in [2.05, 4.69) is 45.9 Å². The molecule has 0 aliphatic rings. The molecule has 0 N–H and O–H groups in total. The lowest BCUT2D eigenvalue weighted by Crippen LogP contribution is -2.11. The van der Waals surface area contributed by atoms with Gasteiger partial charge in [0, 0.05) is 5.88 Å². The largest absolute Gasteiger partial charge is 0.457 e. The van der Waals surface area contributed by atoms with Crippen LogP contribution in [-0.4, -0.2) is 0 Å². The Bertz CT molecular complexity index is 638. The molecule has 112 valence electrons. The quantitative estimate of drug-likeness (QED) is 0.619. The molecule has 0 aliphatic heterocycles. The zero-order valence-electron chi connectivity index (χ0n) is 13.5. The van der Waals surface area contributed by atoms with E-state index in [0.29, 0.717) is 5.88 Å². The minimum atomic E-state index is 0.151. The first kappa shape index (κ1) is 15.9. The van der Waals surface area contributed by atoms with E-state index in [-0.39, 0.29) is 5.41 Å². The topological polar surface area (TPSA) is 9.23 Å². The Morgan fingerprint density at radius 3 is 2.19 bits per heavy atom. The van der Waals surface area contributed by atoms with Gasteiger partial charge in [0.05, 0.1) is 0 Å². The number of hydrogen-bond donors (Lipinski definition) is 0. The van der Waals surface area contributed by atoms with Gasteiger partial charge in [0.25, 0.3) is 0 Å². The van der Waals surface area contributed by atoms with Crippen LogP contribution in [0, 0.1) is 13.8 Å². The van der Waals surface area contributed by atoms with Crippen LogP contribution in [0.2, 0.25) is 0 Å². The van der Waals surface area contributed by atoms with E-state index in [9.17, 15) is 0 Å². The lowest BCUT2D eigenvalue weighted by Gasteiger charge is -2.21. The second kappa shape index (κ2) is 6.11. The third kappa shape index (κ3) is 3.79. The van der Waals surface area contributed by atoms with Gasteiger partial charge in [-0.25, -0.2) is 0 Å². The lowest BCUT2D eigenvalue weighted by atomic mass is 9.86. The molecule has 0 spiro atoms. The Labute approximate surface area is 132 Å². The van der Waals surface area contributed by atoms with Gasteiger partial charge in [-0.1, -0.05) is 45.0 Å². The molecule has 0 fully saturated rings. The number of benzene rings is 2. The highest BCUT2D eigenvalue weighted by molar-refractivity contribution is 6.17. The molecule has 0 heterocycles. The predicted molar refractivity (Wildman–Crippen MR) is 90.7 cm³/mol. The van der Waals surface area contributed by atoms with Crippen molar-refractivity contribution in [2.45, 2.75) is 45.9 Å². The molecule has 21 heavy (non-hydrogen) atoms. The van der Waals surface area contributed by atoms with E-state index < -0.39 is 0 Å². The summed E-state index contributed by atoms with van der Waals surface area (Å²) >= 11 is 5.90. The molecule has 2 rings (SSSR count). The summed E-state index contributed by atoms with van der Waals surface area (Å²) in [6, 6.07) is 12.5. The van der Waals surface area contributed by atoms with Crippen LogP contribution in [0.4, 0.5) is 0 Å². The molecule has 0 atom stereocenters. The summed E-state index contributed by atoms with van der Waals surface area (Å²) in [6.07, 6.45) is 0. The molecule has 2 heteroatoms. The molecular formula is C19H23ClO. The SMILES string of the molecule is Cc1cc(C(C)(C)C)ccc1Oc1cc(CCl)ccc1C. The third-order valence-electron chi connectivity index (χ3n) is 3.67. The van der Waals surface area contributed by atoms with Crippen LogP contribution in [0.15, 0.2) is 36.4 Å². The zero-order chi connectivity index (χ0) is 15.6. The Hall–Kier alpha value is -1.47. The van der Waals surface area contributed by atoms with Gasteiger partial charge in [-0.3, -0.25) is 0 Å². The van der Waals surface area contributed by atoms with Crippen molar-refractivity contribution in [1.82, 2.24) is 0 Å². The lowest BCUT2D eigenvalue weighted by molar-refractivity contribution is 0.473. The van der Waals surface area contributed by atoms with Crippen molar-refractivity contribution in [3.8, 4) is 11.5 Å². The van der Waals surface area contributed by atoms with Crippen molar-refractivity contribution >= 4 is 11.6 Å². The van der Waals surface area contributed by atoms with E-state index >= 15 is 0 Å². The summed E-state index contributed by atoms with van der Waals surface area (Å²) in [7, 11) is 0. The van der Waals surface area contributed by atoms with Gasteiger partial charge >= 0.3 is 0 Å². The van der Waals surface area contributed by atoms with Crippen LogP contribution in [-0.2, 0) is 11.3 Å². The van der Waals surface area contributed by atoms with E-state index in [1.54, 1.807) is 0 Å². The fourth-order valence-corrected chi connectivity index (χ4v) is 2.35. The number of ether oxygens (including phenoxy) is 1. The van der Waals surface area contributed by atoms with Gasteiger partial charge < -0.3 is 4.74 Å². The summed E-state index contributed by atoms with van der Waals surface area (Å²) in [5.41, 5.74) is 4.80. The molecule has 2 aromatic rings.